The second-order valence-corrected chi connectivity index (χ2v) is 6.57. The van der Waals surface area contributed by atoms with Crippen molar-refractivity contribution in [3.8, 4) is 0 Å². The Morgan fingerprint density at radius 1 is 1.25 bits per heavy atom. The lowest BCUT2D eigenvalue weighted by Crippen LogP contribution is -2.41. The van der Waals surface area contributed by atoms with Crippen molar-refractivity contribution in [1.29, 1.82) is 0 Å². The normalized spacial score (nSPS) is 38.3. The van der Waals surface area contributed by atoms with Crippen molar-refractivity contribution in [2.45, 2.75) is 48.2 Å². The van der Waals surface area contributed by atoms with Gasteiger partial charge in [-0.05, 0) is 37.8 Å². The van der Waals surface area contributed by atoms with Crippen LogP contribution in [0, 0.1) is 0 Å². The van der Waals surface area contributed by atoms with Crippen molar-refractivity contribution in [3.63, 3.8) is 0 Å². The molecule has 2 unspecified atom stereocenters. The molecule has 2 atom stereocenters. The summed E-state index contributed by atoms with van der Waals surface area (Å²) in [4.78, 5) is 4.34. The average Bonchev–Trinajstić information content (AvgIpc) is 2.29. The highest BCUT2D eigenvalue weighted by atomic mass is 32.2. The highest BCUT2D eigenvalue weighted by Crippen LogP contribution is 2.48. The Hall–Kier alpha value is -0.540. The predicted octanol–water partition coefficient (Wildman–Crippen LogP) is 2.72. The summed E-state index contributed by atoms with van der Waals surface area (Å²) >= 11 is 2.08. The molecule has 2 nitrogen and oxygen atoms in total. The van der Waals surface area contributed by atoms with Crippen molar-refractivity contribution in [2.75, 3.05) is 0 Å². The number of aromatic nitrogens is 1. The molecule has 2 bridgehead atoms. The Bertz CT molecular complexity index is 355. The van der Waals surface area contributed by atoms with E-state index in [0.29, 0.717) is 10.5 Å². The van der Waals surface area contributed by atoms with Gasteiger partial charge in [-0.25, -0.2) is 0 Å². The summed E-state index contributed by atoms with van der Waals surface area (Å²) in [7, 11) is 0. The first kappa shape index (κ1) is 10.6. The molecular formula is C13H17NOS. The summed E-state index contributed by atoms with van der Waals surface area (Å²) in [5.74, 6) is 0. The van der Waals surface area contributed by atoms with Crippen LogP contribution in [0.1, 0.15) is 37.8 Å². The molecule has 2 saturated heterocycles. The highest BCUT2D eigenvalue weighted by molar-refractivity contribution is 8.00. The number of aliphatic hydroxyl groups is 1. The molecule has 2 aliphatic rings. The smallest absolute Gasteiger partial charge is 0.109 e. The molecule has 3 heterocycles. The van der Waals surface area contributed by atoms with E-state index in [9.17, 15) is 5.11 Å². The Morgan fingerprint density at radius 3 is 2.62 bits per heavy atom. The van der Waals surface area contributed by atoms with E-state index in [1.807, 2.05) is 18.2 Å². The lowest BCUT2D eigenvalue weighted by Gasteiger charge is -2.43. The SMILES string of the molecule is OC1(c2ccccn2)CC2CCCC(C1)S2. The van der Waals surface area contributed by atoms with Crippen molar-refractivity contribution < 1.29 is 5.11 Å². The second kappa shape index (κ2) is 4.04. The first-order chi connectivity index (χ1) is 7.76. The molecule has 1 aromatic heterocycles. The zero-order chi connectivity index (χ0) is 11.0. The van der Waals surface area contributed by atoms with Crippen LogP contribution in [0.2, 0.25) is 0 Å². The molecule has 0 saturated carbocycles. The summed E-state index contributed by atoms with van der Waals surface area (Å²) in [5.41, 5.74) is 0.203. The van der Waals surface area contributed by atoms with Gasteiger partial charge in [0.05, 0.1) is 5.69 Å². The van der Waals surface area contributed by atoms with Crippen LogP contribution in [0.5, 0.6) is 0 Å². The highest BCUT2D eigenvalue weighted by Gasteiger charge is 2.43. The molecule has 16 heavy (non-hydrogen) atoms. The molecule has 3 heteroatoms. The molecule has 0 spiro atoms. The summed E-state index contributed by atoms with van der Waals surface area (Å²) in [5, 5.41) is 12.0. The number of nitrogens with zero attached hydrogens (tertiary/aromatic N) is 1. The topological polar surface area (TPSA) is 33.1 Å². The fourth-order valence-electron chi connectivity index (χ4n) is 2.97. The summed E-state index contributed by atoms with van der Waals surface area (Å²) in [6, 6.07) is 5.84. The minimum absolute atomic E-state index is 0.638. The number of pyridine rings is 1. The Balaban J connectivity index is 1.88. The van der Waals surface area contributed by atoms with Crippen LogP contribution in [0.4, 0.5) is 0 Å². The number of hydrogen-bond donors (Lipinski definition) is 1. The van der Waals surface area contributed by atoms with E-state index in [1.54, 1.807) is 6.20 Å². The summed E-state index contributed by atoms with van der Waals surface area (Å²) < 4.78 is 0. The van der Waals surface area contributed by atoms with Crippen molar-refractivity contribution in [1.82, 2.24) is 4.98 Å². The molecule has 2 fully saturated rings. The molecular weight excluding hydrogens is 218 g/mol. The van der Waals surface area contributed by atoms with Crippen LogP contribution < -0.4 is 0 Å². The molecule has 3 rings (SSSR count). The van der Waals surface area contributed by atoms with Gasteiger partial charge in [0.2, 0.25) is 0 Å². The molecule has 86 valence electrons. The Kier molecular flexibility index (Phi) is 2.68. The van der Waals surface area contributed by atoms with E-state index in [0.717, 1.165) is 18.5 Å². The fraction of sp³-hybridized carbons (Fsp3) is 0.615. The van der Waals surface area contributed by atoms with Gasteiger partial charge in [-0.15, -0.1) is 0 Å². The third kappa shape index (κ3) is 1.87. The third-order valence-corrected chi connectivity index (χ3v) is 5.28. The number of fused-ring (bicyclic) bond motifs is 2. The molecule has 0 amide bonds. The van der Waals surface area contributed by atoms with Gasteiger partial charge >= 0.3 is 0 Å². The maximum absolute atomic E-state index is 10.8. The Morgan fingerprint density at radius 2 is 2.00 bits per heavy atom. The Labute approximate surface area is 100 Å². The standard InChI is InChI=1S/C13H17NOS/c15-13(12-6-1-2-7-14-12)8-10-4-3-5-11(9-13)16-10/h1-2,6-7,10-11,15H,3-5,8-9H2. The largest absolute Gasteiger partial charge is 0.383 e. The monoisotopic (exact) mass is 235 g/mol. The van der Waals surface area contributed by atoms with Crippen molar-refractivity contribution in [2.24, 2.45) is 0 Å². The number of thioether (sulfide) groups is 1. The first-order valence-corrected chi connectivity index (χ1v) is 7.00. The van der Waals surface area contributed by atoms with E-state index in [1.165, 1.54) is 19.3 Å². The van der Waals surface area contributed by atoms with Crippen LogP contribution in [0.3, 0.4) is 0 Å². The molecule has 0 aromatic carbocycles. The van der Waals surface area contributed by atoms with E-state index in [2.05, 4.69) is 16.7 Å². The second-order valence-electron chi connectivity index (χ2n) is 4.97. The molecule has 1 aromatic rings. The molecule has 1 N–H and O–H groups in total. The van der Waals surface area contributed by atoms with Gasteiger partial charge in [-0.3, -0.25) is 4.98 Å². The van der Waals surface area contributed by atoms with Gasteiger partial charge in [-0.1, -0.05) is 12.5 Å². The van der Waals surface area contributed by atoms with Gasteiger partial charge in [-0.2, -0.15) is 11.8 Å². The lowest BCUT2D eigenvalue weighted by molar-refractivity contribution is 0.00405. The minimum atomic E-state index is -0.664. The van der Waals surface area contributed by atoms with Crippen LogP contribution in [0.25, 0.3) is 0 Å². The van der Waals surface area contributed by atoms with Crippen LogP contribution in [0.15, 0.2) is 24.4 Å². The predicted molar refractivity (Wildman–Crippen MR) is 66.4 cm³/mol. The van der Waals surface area contributed by atoms with E-state index in [-0.39, 0.29) is 0 Å². The first-order valence-electron chi connectivity index (χ1n) is 6.06. The van der Waals surface area contributed by atoms with Crippen LogP contribution >= 0.6 is 11.8 Å². The van der Waals surface area contributed by atoms with E-state index < -0.39 is 5.60 Å². The van der Waals surface area contributed by atoms with Gasteiger partial charge in [0.1, 0.15) is 5.60 Å². The maximum atomic E-state index is 10.8. The van der Waals surface area contributed by atoms with Crippen molar-refractivity contribution in [3.05, 3.63) is 30.1 Å². The van der Waals surface area contributed by atoms with Gasteiger partial charge < -0.3 is 5.11 Å². The molecule has 0 radical (unpaired) electrons. The van der Waals surface area contributed by atoms with E-state index >= 15 is 0 Å². The zero-order valence-corrected chi connectivity index (χ0v) is 10.1. The molecule has 0 aliphatic carbocycles. The van der Waals surface area contributed by atoms with Crippen LogP contribution in [-0.2, 0) is 5.60 Å². The van der Waals surface area contributed by atoms with Crippen molar-refractivity contribution >= 4 is 11.8 Å². The lowest BCUT2D eigenvalue weighted by atomic mass is 9.83. The van der Waals surface area contributed by atoms with Gasteiger partial charge in [0.15, 0.2) is 0 Å². The minimum Gasteiger partial charge on any atom is -0.383 e. The van der Waals surface area contributed by atoms with Gasteiger partial charge in [0.25, 0.3) is 0 Å². The third-order valence-electron chi connectivity index (χ3n) is 3.71. The van der Waals surface area contributed by atoms with Crippen LogP contribution in [-0.4, -0.2) is 20.6 Å². The summed E-state index contributed by atoms with van der Waals surface area (Å²) in [6.45, 7) is 0. The van der Waals surface area contributed by atoms with E-state index in [4.69, 9.17) is 0 Å². The average molecular weight is 235 g/mol. The maximum Gasteiger partial charge on any atom is 0.109 e. The quantitative estimate of drug-likeness (QED) is 0.812. The van der Waals surface area contributed by atoms with Gasteiger partial charge in [0, 0.05) is 16.7 Å². The summed E-state index contributed by atoms with van der Waals surface area (Å²) in [6.07, 6.45) is 7.40. The molecule has 2 aliphatic heterocycles. The zero-order valence-electron chi connectivity index (χ0n) is 9.30. The fourth-order valence-corrected chi connectivity index (χ4v) is 4.86. The number of rotatable bonds is 1. The number of hydrogen-bond acceptors (Lipinski definition) is 3.